The Labute approximate surface area is 178 Å². The Morgan fingerprint density at radius 3 is 2.23 bits per heavy atom. The van der Waals surface area contributed by atoms with E-state index in [0.717, 1.165) is 15.5 Å². The van der Waals surface area contributed by atoms with Crippen molar-refractivity contribution in [3.05, 3.63) is 107 Å². The Morgan fingerprint density at radius 1 is 0.742 bits per heavy atom. The molecule has 0 spiro atoms. The molecule has 5 rings (SSSR count). The third kappa shape index (κ3) is 3.45. The molecule has 5 aromatic rings. The van der Waals surface area contributed by atoms with Crippen molar-refractivity contribution in [1.29, 1.82) is 0 Å². The molecule has 0 amide bonds. The summed E-state index contributed by atoms with van der Waals surface area (Å²) in [6.07, 6.45) is 0. The van der Waals surface area contributed by atoms with E-state index in [4.69, 9.17) is 4.28 Å². The van der Waals surface area contributed by atoms with Gasteiger partial charge in [0.25, 0.3) is 5.56 Å². The van der Waals surface area contributed by atoms with Gasteiger partial charge in [0, 0.05) is 5.56 Å². The van der Waals surface area contributed by atoms with Gasteiger partial charge in [0.2, 0.25) is 0 Å². The average Bonchev–Trinajstić information content (AvgIpc) is 2.81. The normalized spacial score (nSPS) is 11.6. The van der Waals surface area contributed by atoms with E-state index < -0.39 is 15.7 Å². The number of hydrogen-bond acceptors (Lipinski definition) is 5. The van der Waals surface area contributed by atoms with Crippen LogP contribution in [0.4, 0.5) is 0 Å². The van der Waals surface area contributed by atoms with E-state index in [9.17, 15) is 13.2 Å². The largest absolute Gasteiger partial charge is 0.357 e. The van der Waals surface area contributed by atoms with E-state index >= 15 is 0 Å². The number of rotatable bonds is 4. The Morgan fingerprint density at radius 2 is 1.42 bits per heavy atom. The molecule has 4 aromatic carbocycles. The topological polar surface area (TPSA) is 78.3 Å². The third-order valence-electron chi connectivity index (χ3n) is 4.95. The first kappa shape index (κ1) is 19.0. The zero-order valence-corrected chi connectivity index (χ0v) is 17.0. The molecule has 0 aliphatic heterocycles. The minimum absolute atomic E-state index is 0.0560. The molecular formula is C24H16N2O4S. The molecule has 0 atom stereocenters. The van der Waals surface area contributed by atoms with E-state index in [2.05, 4.69) is 4.98 Å². The molecule has 0 N–H and O–H groups in total. The van der Waals surface area contributed by atoms with E-state index in [-0.39, 0.29) is 16.1 Å². The van der Waals surface area contributed by atoms with Gasteiger partial charge in [-0.05, 0) is 41.1 Å². The van der Waals surface area contributed by atoms with Crippen LogP contribution >= 0.6 is 0 Å². The Bertz CT molecular complexity index is 1590. The minimum atomic E-state index is -4.25. The average molecular weight is 428 g/mol. The van der Waals surface area contributed by atoms with Gasteiger partial charge in [-0.1, -0.05) is 66.7 Å². The lowest BCUT2D eigenvalue weighted by molar-refractivity contribution is 0.270. The van der Waals surface area contributed by atoms with Crippen LogP contribution in [0.3, 0.4) is 0 Å². The Hall–Kier alpha value is -3.97. The van der Waals surface area contributed by atoms with Gasteiger partial charge >= 0.3 is 10.1 Å². The smallest absolute Gasteiger partial charge is 0.279 e. The highest BCUT2D eigenvalue weighted by Gasteiger charge is 2.22. The van der Waals surface area contributed by atoms with Gasteiger partial charge in [0.05, 0.1) is 10.9 Å². The summed E-state index contributed by atoms with van der Waals surface area (Å²) in [5.41, 5.74) is 0.408. The second-order valence-corrected chi connectivity index (χ2v) is 8.48. The fourth-order valence-electron chi connectivity index (χ4n) is 3.42. The lowest BCUT2D eigenvalue weighted by atomic mass is 10.1. The van der Waals surface area contributed by atoms with Crippen LogP contribution < -0.4 is 9.84 Å². The predicted octanol–water partition coefficient (Wildman–Crippen LogP) is 4.03. The van der Waals surface area contributed by atoms with Crippen molar-refractivity contribution in [1.82, 2.24) is 9.71 Å². The van der Waals surface area contributed by atoms with Crippen LogP contribution in [0.1, 0.15) is 0 Å². The lowest BCUT2D eigenvalue weighted by Crippen LogP contribution is -2.33. The molecule has 6 nitrogen and oxygen atoms in total. The molecule has 1 heterocycles. The van der Waals surface area contributed by atoms with Gasteiger partial charge in [-0.25, -0.2) is 4.98 Å². The van der Waals surface area contributed by atoms with Gasteiger partial charge in [-0.3, -0.25) is 9.08 Å². The molecule has 1 aromatic heterocycles. The highest BCUT2D eigenvalue weighted by atomic mass is 32.2. The van der Waals surface area contributed by atoms with Gasteiger partial charge in [0.1, 0.15) is 4.90 Å². The van der Waals surface area contributed by atoms with Crippen LogP contribution in [0.15, 0.2) is 107 Å². The Balaban J connectivity index is 1.76. The molecule has 0 fully saturated rings. The first-order valence-corrected chi connectivity index (χ1v) is 10.9. The summed E-state index contributed by atoms with van der Waals surface area (Å²) < 4.78 is 31.8. The van der Waals surface area contributed by atoms with Gasteiger partial charge < -0.3 is 0 Å². The SMILES string of the molecule is O=c1c2ccccc2nc(-c2ccc3ccccc3c2)n1OS(=O)(=O)c1ccccc1. The summed E-state index contributed by atoms with van der Waals surface area (Å²) in [6, 6.07) is 27.7. The number of para-hydroxylation sites is 1. The highest BCUT2D eigenvalue weighted by molar-refractivity contribution is 7.87. The molecule has 152 valence electrons. The van der Waals surface area contributed by atoms with Crippen molar-refractivity contribution in [3.8, 4) is 11.4 Å². The molecule has 0 aliphatic carbocycles. The molecule has 7 heteroatoms. The Kier molecular flexibility index (Phi) is 4.52. The monoisotopic (exact) mass is 428 g/mol. The van der Waals surface area contributed by atoms with E-state index in [1.807, 2.05) is 36.4 Å². The van der Waals surface area contributed by atoms with Crippen LogP contribution in [0.2, 0.25) is 0 Å². The molecule has 0 unspecified atom stereocenters. The van der Waals surface area contributed by atoms with E-state index in [1.54, 1.807) is 48.5 Å². The summed E-state index contributed by atoms with van der Waals surface area (Å²) >= 11 is 0. The number of aromatic nitrogens is 2. The highest BCUT2D eigenvalue weighted by Crippen LogP contribution is 2.24. The van der Waals surface area contributed by atoms with Crippen LogP contribution in [-0.4, -0.2) is 18.1 Å². The summed E-state index contributed by atoms with van der Waals surface area (Å²) in [7, 11) is -4.25. The first-order valence-electron chi connectivity index (χ1n) is 9.54. The molecular weight excluding hydrogens is 412 g/mol. The van der Waals surface area contributed by atoms with Crippen LogP contribution in [-0.2, 0) is 10.1 Å². The van der Waals surface area contributed by atoms with Gasteiger partial charge in [0.15, 0.2) is 5.82 Å². The molecule has 0 radical (unpaired) electrons. The standard InChI is InChI=1S/C24H16N2O4S/c27-24-21-12-6-7-13-22(21)25-23(19-15-14-17-8-4-5-9-18(17)16-19)26(24)30-31(28,29)20-10-2-1-3-11-20/h1-16H. The van der Waals surface area contributed by atoms with E-state index in [1.165, 1.54) is 12.1 Å². The maximum Gasteiger partial charge on any atom is 0.357 e. The van der Waals surface area contributed by atoms with Crippen molar-refractivity contribution < 1.29 is 12.7 Å². The van der Waals surface area contributed by atoms with Crippen molar-refractivity contribution in [2.75, 3.05) is 0 Å². The maximum absolute atomic E-state index is 13.2. The zero-order chi connectivity index (χ0) is 21.4. The van der Waals surface area contributed by atoms with Crippen LogP contribution in [0.5, 0.6) is 0 Å². The van der Waals surface area contributed by atoms with Crippen LogP contribution in [0.25, 0.3) is 33.1 Å². The fourth-order valence-corrected chi connectivity index (χ4v) is 4.34. The molecule has 0 saturated heterocycles. The van der Waals surface area contributed by atoms with E-state index in [0.29, 0.717) is 11.1 Å². The molecule has 31 heavy (non-hydrogen) atoms. The summed E-state index contributed by atoms with van der Waals surface area (Å²) in [4.78, 5) is 17.7. The summed E-state index contributed by atoms with van der Waals surface area (Å²) in [6.45, 7) is 0. The summed E-state index contributed by atoms with van der Waals surface area (Å²) in [5, 5.41) is 2.20. The van der Waals surface area contributed by atoms with Gasteiger partial charge in [-0.15, -0.1) is 4.73 Å². The first-order chi connectivity index (χ1) is 15.0. The molecule has 0 aliphatic rings. The summed E-state index contributed by atoms with van der Waals surface area (Å²) in [5.74, 6) is 0.106. The minimum Gasteiger partial charge on any atom is -0.279 e. The number of nitrogens with zero attached hydrogens (tertiary/aromatic N) is 2. The number of fused-ring (bicyclic) bond motifs is 2. The van der Waals surface area contributed by atoms with Crippen molar-refractivity contribution in [2.45, 2.75) is 4.90 Å². The third-order valence-corrected chi connectivity index (χ3v) is 6.14. The second-order valence-electron chi connectivity index (χ2n) is 6.96. The maximum atomic E-state index is 13.2. The van der Waals surface area contributed by atoms with Crippen LogP contribution in [0, 0.1) is 0 Å². The molecule has 0 saturated carbocycles. The fraction of sp³-hybridized carbons (Fsp3) is 0. The van der Waals surface area contributed by atoms with Crippen molar-refractivity contribution in [2.24, 2.45) is 0 Å². The predicted molar refractivity (Wildman–Crippen MR) is 119 cm³/mol. The zero-order valence-electron chi connectivity index (χ0n) is 16.2. The van der Waals surface area contributed by atoms with Crippen molar-refractivity contribution in [3.63, 3.8) is 0 Å². The van der Waals surface area contributed by atoms with Crippen molar-refractivity contribution >= 4 is 31.8 Å². The lowest BCUT2D eigenvalue weighted by Gasteiger charge is -2.14. The van der Waals surface area contributed by atoms with Gasteiger partial charge in [-0.2, -0.15) is 8.42 Å². The number of hydrogen-bond donors (Lipinski definition) is 0. The quantitative estimate of drug-likeness (QED) is 0.432. The second kappa shape index (κ2) is 7.37. The molecule has 0 bridgehead atoms. The number of benzene rings is 4.